The second-order valence-corrected chi connectivity index (χ2v) is 8.79. The summed E-state index contributed by atoms with van der Waals surface area (Å²) in [6.07, 6.45) is 3.43. The Kier molecular flexibility index (Phi) is 7.66. The molecule has 1 fully saturated rings. The van der Waals surface area contributed by atoms with E-state index in [1.54, 1.807) is 11.3 Å². The summed E-state index contributed by atoms with van der Waals surface area (Å²) in [6, 6.07) is 12.0. The normalized spacial score (nSPS) is 18.9. The predicted octanol–water partition coefficient (Wildman–Crippen LogP) is 5.18. The van der Waals surface area contributed by atoms with E-state index in [-0.39, 0.29) is 6.61 Å². The van der Waals surface area contributed by atoms with E-state index in [0.29, 0.717) is 30.7 Å². The maximum Gasteiger partial charge on any atom is 0.411 e. The molecule has 156 valence electrons. The van der Waals surface area contributed by atoms with Gasteiger partial charge in [0, 0.05) is 15.4 Å². The van der Waals surface area contributed by atoms with Crippen LogP contribution in [0.5, 0.6) is 0 Å². The molecule has 0 radical (unpaired) electrons. The number of rotatable bonds is 8. The van der Waals surface area contributed by atoms with E-state index in [1.807, 2.05) is 24.3 Å². The molecule has 6 nitrogen and oxygen atoms in total. The van der Waals surface area contributed by atoms with Gasteiger partial charge in [0.15, 0.2) is 0 Å². The number of benzene rings is 1. The molecule has 2 N–H and O–H groups in total. The molecule has 1 saturated carbocycles. The zero-order chi connectivity index (χ0) is 20.6. The molecule has 0 saturated heterocycles. The molecule has 0 spiro atoms. The van der Waals surface area contributed by atoms with E-state index in [2.05, 4.69) is 24.4 Å². The van der Waals surface area contributed by atoms with Gasteiger partial charge in [-0.05, 0) is 74.3 Å². The van der Waals surface area contributed by atoms with Crippen molar-refractivity contribution >= 4 is 29.1 Å². The molecule has 1 aromatic carbocycles. The molecule has 29 heavy (non-hydrogen) atoms. The van der Waals surface area contributed by atoms with Crippen LogP contribution in [0.4, 0.5) is 10.5 Å². The lowest BCUT2D eigenvalue weighted by molar-refractivity contribution is -0.142. The first-order chi connectivity index (χ1) is 14.0. The smallest absolute Gasteiger partial charge is 0.411 e. The maximum atomic E-state index is 12.1. The van der Waals surface area contributed by atoms with Crippen molar-refractivity contribution in [1.29, 1.82) is 0 Å². The van der Waals surface area contributed by atoms with Gasteiger partial charge in [-0.3, -0.25) is 5.32 Å². The minimum atomic E-state index is -0.936. The fourth-order valence-electron chi connectivity index (χ4n) is 3.53. The number of ether oxygens (including phenoxy) is 2. The highest BCUT2D eigenvalue weighted by atomic mass is 32.1. The van der Waals surface area contributed by atoms with Gasteiger partial charge in [0.25, 0.3) is 0 Å². The van der Waals surface area contributed by atoms with Crippen molar-refractivity contribution in [2.45, 2.75) is 32.6 Å². The Morgan fingerprint density at radius 1 is 1.03 bits per heavy atom. The number of carboxylic acid groups (broad SMARTS) is 1. The molecule has 7 heteroatoms. The van der Waals surface area contributed by atoms with Gasteiger partial charge in [-0.25, -0.2) is 9.59 Å². The number of anilines is 1. The molecule has 1 aromatic heterocycles. The van der Waals surface area contributed by atoms with Crippen LogP contribution < -0.4 is 5.32 Å². The molecule has 0 unspecified atom stereocenters. The van der Waals surface area contributed by atoms with Gasteiger partial charge in [0.1, 0.15) is 6.61 Å². The van der Waals surface area contributed by atoms with E-state index in [0.717, 1.165) is 31.2 Å². The topological polar surface area (TPSA) is 84.9 Å². The van der Waals surface area contributed by atoms with Crippen LogP contribution in [0.1, 0.15) is 30.6 Å². The highest BCUT2D eigenvalue weighted by Gasteiger charge is 2.22. The third-order valence-corrected chi connectivity index (χ3v) is 6.20. The van der Waals surface area contributed by atoms with Crippen LogP contribution in [-0.4, -0.2) is 37.0 Å². The SMILES string of the molecule is Cc1ccc(-c2ccc(NC(=O)OC[C@H]3CC[C@H](COCC(=O)O)CC3)cc2)s1. The van der Waals surface area contributed by atoms with Crippen molar-refractivity contribution in [2.75, 3.05) is 25.1 Å². The Balaban J connectivity index is 1.35. The molecule has 1 heterocycles. The van der Waals surface area contributed by atoms with Crippen LogP contribution in [0.3, 0.4) is 0 Å². The minimum Gasteiger partial charge on any atom is -0.480 e. The maximum absolute atomic E-state index is 12.1. The minimum absolute atomic E-state index is 0.239. The van der Waals surface area contributed by atoms with Gasteiger partial charge >= 0.3 is 12.1 Å². The van der Waals surface area contributed by atoms with Crippen LogP contribution in [0, 0.1) is 18.8 Å². The summed E-state index contributed by atoms with van der Waals surface area (Å²) in [5.41, 5.74) is 1.84. The van der Waals surface area contributed by atoms with Gasteiger partial charge < -0.3 is 14.6 Å². The fraction of sp³-hybridized carbons (Fsp3) is 0.455. The quantitative estimate of drug-likeness (QED) is 0.618. The largest absolute Gasteiger partial charge is 0.480 e. The zero-order valence-corrected chi connectivity index (χ0v) is 17.4. The standard InChI is InChI=1S/C22H27NO5S/c1-15-2-11-20(29-15)18-7-9-19(10-8-18)23-22(26)28-13-17-5-3-16(4-6-17)12-27-14-21(24)25/h2,7-11,16-17H,3-6,12-14H2,1H3,(H,23,26)(H,24,25)/t16-,17-. The number of carbonyl (C=O) groups excluding carboxylic acids is 1. The van der Waals surface area contributed by atoms with E-state index in [9.17, 15) is 9.59 Å². The summed E-state index contributed by atoms with van der Waals surface area (Å²) >= 11 is 1.74. The highest BCUT2D eigenvalue weighted by Crippen LogP contribution is 2.30. The number of aliphatic carboxylic acids is 1. The highest BCUT2D eigenvalue weighted by molar-refractivity contribution is 7.15. The number of amides is 1. The summed E-state index contributed by atoms with van der Waals surface area (Å²) in [7, 11) is 0. The van der Waals surface area contributed by atoms with Gasteiger partial charge in [0.2, 0.25) is 0 Å². The van der Waals surface area contributed by atoms with Crippen LogP contribution in [0.15, 0.2) is 36.4 Å². The second-order valence-electron chi connectivity index (χ2n) is 7.51. The summed E-state index contributed by atoms with van der Waals surface area (Å²) < 4.78 is 10.6. The van der Waals surface area contributed by atoms with E-state index < -0.39 is 12.1 Å². The first-order valence-electron chi connectivity index (χ1n) is 9.90. The lowest BCUT2D eigenvalue weighted by atomic mass is 9.83. The third-order valence-electron chi connectivity index (χ3n) is 5.15. The van der Waals surface area contributed by atoms with E-state index in [4.69, 9.17) is 14.6 Å². The summed E-state index contributed by atoms with van der Waals surface area (Å²) in [4.78, 5) is 25.0. The van der Waals surface area contributed by atoms with Crippen molar-refractivity contribution in [1.82, 2.24) is 0 Å². The second kappa shape index (κ2) is 10.4. The van der Waals surface area contributed by atoms with Gasteiger partial charge in [-0.1, -0.05) is 12.1 Å². The molecule has 0 bridgehead atoms. The Morgan fingerprint density at radius 3 is 2.28 bits per heavy atom. The zero-order valence-electron chi connectivity index (χ0n) is 16.6. The third kappa shape index (κ3) is 6.87. The number of nitrogens with one attached hydrogen (secondary N) is 1. The monoisotopic (exact) mass is 417 g/mol. The van der Waals surface area contributed by atoms with Gasteiger partial charge in [-0.2, -0.15) is 0 Å². The molecular weight excluding hydrogens is 390 g/mol. The molecule has 1 amide bonds. The fourth-order valence-corrected chi connectivity index (χ4v) is 4.41. The van der Waals surface area contributed by atoms with Gasteiger partial charge in [-0.15, -0.1) is 11.3 Å². The number of thiophene rings is 1. The van der Waals surface area contributed by atoms with Crippen LogP contribution in [-0.2, 0) is 14.3 Å². The summed E-state index contributed by atoms with van der Waals surface area (Å²) in [5, 5.41) is 11.4. The van der Waals surface area contributed by atoms with E-state index >= 15 is 0 Å². The molecule has 2 aromatic rings. The Labute approximate surface area is 174 Å². The molecule has 3 rings (SSSR count). The Bertz CT molecular complexity index is 809. The Hall–Kier alpha value is -2.38. The average molecular weight is 418 g/mol. The van der Waals surface area contributed by atoms with Gasteiger partial charge in [0.05, 0.1) is 13.2 Å². The predicted molar refractivity (Wildman–Crippen MR) is 113 cm³/mol. The molecule has 1 aliphatic carbocycles. The number of carboxylic acids is 1. The molecule has 1 aliphatic rings. The number of aryl methyl sites for hydroxylation is 1. The van der Waals surface area contributed by atoms with Crippen LogP contribution in [0.2, 0.25) is 0 Å². The number of carbonyl (C=O) groups is 2. The van der Waals surface area contributed by atoms with Crippen molar-refractivity contribution in [3.05, 3.63) is 41.3 Å². The van der Waals surface area contributed by atoms with Crippen LogP contribution >= 0.6 is 11.3 Å². The first-order valence-corrected chi connectivity index (χ1v) is 10.7. The molecule has 0 aliphatic heterocycles. The van der Waals surface area contributed by atoms with Crippen molar-refractivity contribution in [2.24, 2.45) is 11.8 Å². The van der Waals surface area contributed by atoms with E-state index in [1.165, 1.54) is 9.75 Å². The number of hydrogen-bond acceptors (Lipinski definition) is 5. The first kappa shape index (κ1) is 21.3. The lowest BCUT2D eigenvalue weighted by Crippen LogP contribution is -2.25. The summed E-state index contributed by atoms with van der Waals surface area (Å²) in [6.45, 7) is 2.74. The van der Waals surface area contributed by atoms with Crippen LogP contribution in [0.25, 0.3) is 10.4 Å². The van der Waals surface area contributed by atoms with Crippen molar-refractivity contribution in [3.63, 3.8) is 0 Å². The summed E-state index contributed by atoms with van der Waals surface area (Å²) in [5.74, 6) is -0.194. The van der Waals surface area contributed by atoms with Crippen molar-refractivity contribution < 1.29 is 24.2 Å². The molecular formula is C22H27NO5S. The average Bonchev–Trinajstić information content (AvgIpc) is 3.14. The lowest BCUT2D eigenvalue weighted by Gasteiger charge is -2.27. The van der Waals surface area contributed by atoms with Crippen molar-refractivity contribution in [3.8, 4) is 10.4 Å². The number of hydrogen-bond donors (Lipinski definition) is 2. The molecule has 0 atom stereocenters. The Morgan fingerprint density at radius 2 is 1.69 bits per heavy atom.